The van der Waals surface area contributed by atoms with Crippen LogP contribution in [0.25, 0.3) is 11.1 Å². The lowest BCUT2D eigenvalue weighted by molar-refractivity contribution is -0.139. The lowest BCUT2D eigenvalue weighted by atomic mass is 9.96. The Morgan fingerprint density at radius 3 is 2.20 bits per heavy atom. The van der Waals surface area contributed by atoms with Gasteiger partial charge in [0, 0.05) is 6.42 Å². The van der Waals surface area contributed by atoms with Crippen LogP contribution >= 0.6 is 11.6 Å². The normalized spacial score (nSPS) is 11.5. The van der Waals surface area contributed by atoms with Gasteiger partial charge in [0.25, 0.3) is 5.91 Å². The fraction of sp³-hybridized carbons (Fsp3) is 0.267. The first-order valence-corrected chi connectivity index (χ1v) is 13.0. The molecule has 0 spiro atoms. The summed E-state index contributed by atoms with van der Waals surface area (Å²) in [6.45, 7) is 3.46. The Kier molecular flexibility index (Phi) is 10.7. The molecule has 10 heteroatoms. The molecule has 3 N–H and O–H groups in total. The minimum absolute atomic E-state index is 0.0241. The highest BCUT2D eigenvalue weighted by atomic mass is 35.5. The molecule has 1 atom stereocenters. The molecule has 0 fully saturated rings. The molecule has 0 saturated carbocycles. The summed E-state index contributed by atoms with van der Waals surface area (Å²) in [5.74, 6) is -2.82. The third-order valence-corrected chi connectivity index (χ3v) is 6.26. The number of nitrogens with zero attached hydrogens (tertiary/aromatic N) is 1. The predicted molar refractivity (Wildman–Crippen MR) is 150 cm³/mol. The summed E-state index contributed by atoms with van der Waals surface area (Å²) in [6, 6.07) is 19.6. The summed E-state index contributed by atoms with van der Waals surface area (Å²) in [7, 11) is 0. The van der Waals surface area contributed by atoms with E-state index in [1.807, 2.05) is 38.1 Å². The zero-order valence-corrected chi connectivity index (χ0v) is 22.9. The van der Waals surface area contributed by atoms with Gasteiger partial charge in [-0.3, -0.25) is 14.5 Å². The van der Waals surface area contributed by atoms with E-state index < -0.39 is 36.5 Å². The van der Waals surface area contributed by atoms with Crippen molar-refractivity contribution in [2.75, 3.05) is 13.2 Å². The molecular weight excluding hydrogens is 536 g/mol. The fourth-order valence-electron chi connectivity index (χ4n) is 3.96. The van der Waals surface area contributed by atoms with Crippen LogP contribution in [-0.4, -0.2) is 58.2 Å². The van der Waals surface area contributed by atoms with E-state index >= 15 is 0 Å². The lowest BCUT2D eigenvalue weighted by Gasteiger charge is -2.22. The minimum atomic E-state index is -1.18. The number of carbonyl (C=O) groups excluding carboxylic acids is 2. The molecule has 0 heterocycles. The van der Waals surface area contributed by atoms with Gasteiger partial charge >= 0.3 is 18.0 Å². The van der Waals surface area contributed by atoms with E-state index in [1.165, 1.54) is 6.07 Å². The second-order valence-corrected chi connectivity index (χ2v) is 10.0. The second kappa shape index (κ2) is 14.1. The summed E-state index contributed by atoms with van der Waals surface area (Å²) in [5.41, 5.74) is 3.15. The van der Waals surface area contributed by atoms with Crippen molar-refractivity contribution in [2.45, 2.75) is 32.9 Å². The SMILES string of the molecule is CC(C)COC(=O)N(CC(=O)O)Cc1ccccc1-c1ccc(C[C@H](NC(=O)c2ccccc2Cl)C(=O)O)cc1. The summed E-state index contributed by atoms with van der Waals surface area (Å²) in [4.78, 5) is 49.6. The Bertz CT molecular complexity index is 1360. The molecule has 0 aliphatic carbocycles. The van der Waals surface area contributed by atoms with Crippen molar-refractivity contribution in [1.29, 1.82) is 0 Å². The number of rotatable bonds is 12. The number of hydrogen-bond donors (Lipinski definition) is 3. The van der Waals surface area contributed by atoms with Crippen molar-refractivity contribution in [1.82, 2.24) is 10.2 Å². The first-order valence-electron chi connectivity index (χ1n) is 12.6. The van der Waals surface area contributed by atoms with Gasteiger partial charge in [-0.2, -0.15) is 0 Å². The number of carboxylic acid groups (broad SMARTS) is 2. The number of benzene rings is 3. The largest absolute Gasteiger partial charge is 0.480 e. The van der Waals surface area contributed by atoms with Crippen molar-refractivity contribution in [2.24, 2.45) is 5.92 Å². The van der Waals surface area contributed by atoms with Crippen LogP contribution < -0.4 is 5.32 Å². The molecule has 0 aliphatic rings. The van der Waals surface area contributed by atoms with Crippen molar-refractivity contribution in [3.8, 4) is 11.1 Å². The fourth-order valence-corrected chi connectivity index (χ4v) is 4.18. The number of amides is 2. The molecular formula is C30H31ClN2O7. The molecule has 0 radical (unpaired) electrons. The van der Waals surface area contributed by atoms with Gasteiger partial charge < -0.3 is 20.3 Å². The highest BCUT2D eigenvalue weighted by Gasteiger charge is 2.23. The summed E-state index contributed by atoms with van der Waals surface area (Å²) in [6.07, 6.45) is -0.665. The number of halogens is 1. The maximum absolute atomic E-state index is 12.6. The number of carbonyl (C=O) groups is 4. The number of aliphatic carboxylic acids is 2. The van der Waals surface area contributed by atoms with Gasteiger partial charge in [-0.25, -0.2) is 9.59 Å². The van der Waals surface area contributed by atoms with E-state index in [1.54, 1.807) is 42.5 Å². The van der Waals surface area contributed by atoms with Gasteiger partial charge in [-0.05, 0) is 40.3 Å². The second-order valence-electron chi connectivity index (χ2n) is 9.62. The monoisotopic (exact) mass is 566 g/mol. The van der Waals surface area contributed by atoms with Gasteiger partial charge in [0.1, 0.15) is 12.6 Å². The van der Waals surface area contributed by atoms with Gasteiger partial charge in [-0.15, -0.1) is 0 Å². The van der Waals surface area contributed by atoms with Crippen LogP contribution in [0.4, 0.5) is 4.79 Å². The third-order valence-electron chi connectivity index (χ3n) is 5.93. The van der Waals surface area contributed by atoms with Crippen molar-refractivity contribution in [3.05, 3.63) is 94.5 Å². The van der Waals surface area contributed by atoms with Crippen LogP contribution in [0, 0.1) is 5.92 Å². The molecule has 0 bridgehead atoms. The molecule has 9 nitrogen and oxygen atoms in total. The van der Waals surface area contributed by atoms with Gasteiger partial charge in [0.2, 0.25) is 0 Å². The number of nitrogens with one attached hydrogen (secondary N) is 1. The Labute approximate surface area is 237 Å². The van der Waals surface area contributed by atoms with Crippen LogP contribution in [0.3, 0.4) is 0 Å². The van der Waals surface area contributed by atoms with Crippen LogP contribution in [0.15, 0.2) is 72.8 Å². The smallest absolute Gasteiger partial charge is 0.410 e. The number of carboxylic acids is 2. The molecule has 40 heavy (non-hydrogen) atoms. The van der Waals surface area contributed by atoms with Gasteiger partial charge in [-0.1, -0.05) is 86.1 Å². The van der Waals surface area contributed by atoms with Crippen LogP contribution in [0.5, 0.6) is 0 Å². The summed E-state index contributed by atoms with van der Waals surface area (Å²) >= 11 is 6.07. The van der Waals surface area contributed by atoms with Gasteiger partial charge in [0.15, 0.2) is 0 Å². The molecule has 2 amide bonds. The standard InChI is InChI=1S/C30H31ClN2O7/c1-19(2)18-40-30(39)33(17-27(34)35)16-22-7-3-4-8-23(22)21-13-11-20(12-14-21)15-26(29(37)38)32-28(36)24-9-5-6-10-25(24)31/h3-14,19,26H,15-18H2,1-2H3,(H,32,36)(H,34,35)(H,37,38)/t26-/m0/s1. The average molecular weight is 567 g/mol. The first kappa shape index (κ1) is 30.2. The Morgan fingerprint density at radius 1 is 0.925 bits per heavy atom. The molecule has 210 valence electrons. The maximum Gasteiger partial charge on any atom is 0.410 e. The summed E-state index contributed by atoms with van der Waals surface area (Å²) < 4.78 is 5.26. The van der Waals surface area contributed by atoms with Crippen molar-refractivity contribution >= 4 is 35.5 Å². The number of hydrogen-bond acceptors (Lipinski definition) is 5. The van der Waals surface area contributed by atoms with E-state index in [0.717, 1.165) is 16.0 Å². The topological polar surface area (TPSA) is 133 Å². The Balaban J connectivity index is 1.77. The van der Waals surface area contributed by atoms with E-state index in [2.05, 4.69) is 5.32 Å². The molecule has 0 saturated heterocycles. The van der Waals surface area contributed by atoms with E-state index in [4.69, 9.17) is 16.3 Å². The van der Waals surface area contributed by atoms with E-state index in [0.29, 0.717) is 11.1 Å². The molecule has 0 aromatic heterocycles. The predicted octanol–water partition coefficient (Wildman–Crippen LogP) is 5.11. The van der Waals surface area contributed by atoms with Crippen molar-refractivity contribution in [3.63, 3.8) is 0 Å². The Hall–Kier alpha value is -4.37. The van der Waals surface area contributed by atoms with Crippen LogP contribution in [-0.2, 0) is 27.3 Å². The average Bonchev–Trinajstić information content (AvgIpc) is 2.91. The lowest BCUT2D eigenvalue weighted by Crippen LogP contribution is -2.42. The third kappa shape index (κ3) is 8.57. The molecule has 0 unspecified atom stereocenters. The molecule has 3 aromatic rings. The summed E-state index contributed by atoms with van der Waals surface area (Å²) in [5, 5.41) is 21.8. The molecule has 3 rings (SSSR count). The highest BCUT2D eigenvalue weighted by Crippen LogP contribution is 2.26. The van der Waals surface area contributed by atoms with Crippen LogP contribution in [0.1, 0.15) is 35.3 Å². The quantitative estimate of drug-likeness (QED) is 0.277. The first-order chi connectivity index (χ1) is 19.0. The highest BCUT2D eigenvalue weighted by molar-refractivity contribution is 6.33. The molecule has 0 aliphatic heterocycles. The Morgan fingerprint density at radius 2 is 1.57 bits per heavy atom. The van der Waals surface area contributed by atoms with E-state index in [9.17, 15) is 29.4 Å². The number of ether oxygens (including phenoxy) is 1. The molecule has 3 aromatic carbocycles. The van der Waals surface area contributed by atoms with Crippen molar-refractivity contribution < 1.29 is 34.1 Å². The minimum Gasteiger partial charge on any atom is -0.480 e. The zero-order valence-electron chi connectivity index (χ0n) is 22.2. The van der Waals surface area contributed by atoms with Crippen LogP contribution in [0.2, 0.25) is 5.02 Å². The zero-order chi connectivity index (χ0) is 29.2. The van der Waals surface area contributed by atoms with E-state index in [-0.39, 0.29) is 36.1 Å². The maximum atomic E-state index is 12.6. The van der Waals surface area contributed by atoms with Gasteiger partial charge in [0.05, 0.1) is 23.7 Å².